The van der Waals surface area contributed by atoms with Crippen LogP contribution in [0.25, 0.3) is 22.6 Å². The molecule has 4 nitrogen and oxygen atoms in total. The Morgan fingerprint density at radius 2 is 2.00 bits per heavy atom. The Hall–Kier alpha value is -1.66. The van der Waals surface area contributed by atoms with Gasteiger partial charge in [-0.05, 0) is 46.3 Å². The van der Waals surface area contributed by atoms with Gasteiger partial charge in [-0.15, -0.1) is 0 Å². The highest BCUT2D eigenvalue weighted by Crippen LogP contribution is 2.33. The lowest BCUT2D eigenvalue weighted by Crippen LogP contribution is -1.95. The van der Waals surface area contributed by atoms with Gasteiger partial charge >= 0.3 is 5.97 Å². The molecule has 0 aliphatic carbocycles. The van der Waals surface area contributed by atoms with Crippen molar-refractivity contribution in [3.8, 4) is 11.5 Å². The van der Waals surface area contributed by atoms with Crippen molar-refractivity contribution in [1.82, 2.24) is 4.98 Å². The smallest absolute Gasteiger partial charge is 0.339 e. The molecule has 0 atom stereocenters. The molecule has 1 N–H and O–H groups in total. The van der Waals surface area contributed by atoms with E-state index in [2.05, 4.69) is 36.8 Å². The number of benzene rings is 2. The minimum Gasteiger partial charge on any atom is -0.478 e. The number of fused-ring (bicyclic) bond motifs is 1. The second-order valence-electron chi connectivity index (χ2n) is 4.10. The summed E-state index contributed by atoms with van der Waals surface area (Å²) in [6.07, 6.45) is 0. The predicted molar refractivity (Wildman–Crippen MR) is 81.8 cm³/mol. The average Bonchev–Trinajstić information content (AvgIpc) is 2.84. The van der Waals surface area contributed by atoms with Gasteiger partial charge in [0.15, 0.2) is 5.58 Å². The number of oxazole rings is 1. The molecule has 20 heavy (non-hydrogen) atoms. The van der Waals surface area contributed by atoms with Crippen LogP contribution in [0.15, 0.2) is 49.8 Å². The van der Waals surface area contributed by atoms with Gasteiger partial charge in [0.05, 0.1) is 5.56 Å². The van der Waals surface area contributed by atoms with Gasteiger partial charge in [-0.3, -0.25) is 0 Å². The second kappa shape index (κ2) is 5.03. The van der Waals surface area contributed by atoms with Gasteiger partial charge in [-0.25, -0.2) is 9.78 Å². The van der Waals surface area contributed by atoms with Gasteiger partial charge in [0.25, 0.3) is 0 Å². The summed E-state index contributed by atoms with van der Waals surface area (Å²) in [5.74, 6) is -0.659. The molecule has 0 amide bonds. The standard InChI is InChI=1S/C14H7Br2NO3/c15-7-4-5-10(16)9(6-7)13-17-11-3-1-2-8(14(18)19)12(11)20-13/h1-6H,(H,18,19). The number of halogens is 2. The number of carbonyl (C=O) groups is 1. The summed E-state index contributed by atoms with van der Waals surface area (Å²) in [6, 6.07) is 10.5. The van der Waals surface area contributed by atoms with E-state index in [0.717, 1.165) is 14.5 Å². The summed E-state index contributed by atoms with van der Waals surface area (Å²) in [4.78, 5) is 15.5. The Morgan fingerprint density at radius 1 is 1.20 bits per heavy atom. The Bertz CT molecular complexity index is 826. The molecule has 0 unspecified atom stereocenters. The Kier molecular flexibility index (Phi) is 3.35. The van der Waals surface area contributed by atoms with Gasteiger partial charge in [0, 0.05) is 8.95 Å². The number of carboxylic acid groups (broad SMARTS) is 1. The van der Waals surface area contributed by atoms with Crippen LogP contribution in [0.5, 0.6) is 0 Å². The van der Waals surface area contributed by atoms with Crippen molar-refractivity contribution in [3.05, 3.63) is 50.9 Å². The van der Waals surface area contributed by atoms with E-state index in [-0.39, 0.29) is 11.1 Å². The van der Waals surface area contributed by atoms with Gasteiger partial charge in [-0.2, -0.15) is 0 Å². The molecule has 0 aliphatic heterocycles. The van der Waals surface area contributed by atoms with E-state index in [0.29, 0.717) is 11.4 Å². The number of carboxylic acids is 1. The predicted octanol–water partition coefficient (Wildman–Crippen LogP) is 4.72. The molecule has 100 valence electrons. The number of para-hydroxylation sites is 1. The largest absolute Gasteiger partial charge is 0.478 e. The highest BCUT2D eigenvalue weighted by Gasteiger charge is 2.17. The molecule has 0 spiro atoms. The van der Waals surface area contributed by atoms with Crippen molar-refractivity contribution in [3.63, 3.8) is 0 Å². The van der Waals surface area contributed by atoms with Crippen LogP contribution in [0.1, 0.15) is 10.4 Å². The summed E-state index contributed by atoms with van der Waals surface area (Å²) in [5.41, 5.74) is 1.66. The monoisotopic (exact) mass is 395 g/mol. The fraction of sp³-hybridized carbons (Fsp3) is 0. The summed E-state index contributed by atoms with van der Waals surface area (Å²) in [7, 11) is 0. The molecule has 3 rings (SSSR count). The van der Waals surface area contributed by atoms with E-state index in [9.17, 15) is 4.79 Å². The second-order valence-corrected chi connectivity index (χ2v) is 5.87. The van der Waals surface area contributed by atoms with Crippen molar-refractivity contribution in [2.75, 3.05) is 0 Å². The average molecular weight is 397 g/mol. The van der Waals surface area contributed by atoms with Gasteiger partial charge < -0.3 is 9.52 Å². The fourth-order valence-corrected chi connectivity index (χ4v) is 2.67. The molecule has 3 aromatic rings. The number of hydrogen-bond donors (Lipinski definition) is 1. The van der Waals surface area contributed by atoms with Crippen LogP contribution in [0.4, 0.5) is 0 Å². The summed E-state index contributed by atoms with van der Waals surface area (Å²) in [6.45, 7) is 0. The lowest BCUT2D eigenvalue weighted by atomic mass is 10.2. The Morgan fingerprint density at radius 3 is 2.75 bits per heavy atom. The van der Waals surface area contributed by atoms with Crippen LogP contribution in [0, 0.1) is 0 Å². The third-order valence-corrected chi connectivity index (χ3v) is 3.99. The van der Waals surface area contributed by atoms with Crippen molar-refractivity contribution < 1.29 is 14.3 Å². The summed E-state index contributed by atoms with van der Waals surface area (Å²) < 4.78 is 7.35. The third-order valence-electron chi connectivity index (χ3n) is 2.80. The minimum atomic E-state index is -1.04. The molecular formula is C14H7Br2NO3. The molecule has 0 saturated heterocycles. The third kappa shape index (κ3) is 2.25. The van der Waals surface area contributed by atoms with Crippen molar-refractivity contribution in [2.45, 2.75) is 0 Å². The zero-order valence-electron chi connectivity index (χ0n) is 9.93. The number of nitrogens with zero attached hydrogens (tertiary/aromatic N) is 1. The van der Waals surface area contributed by atoms with Crippen molar-refractivity contribution in [1.29, 1.82) is 0 Å². The molecule has 6 heteroatoms. The zero-order chi connectivity index (χ0) is 14.3. The van der Waals surface area contributed by atoms with Crippen LogP contribution in [0.2, 0.25) is 0 Å². The minimum absolute atomic E-state index is 0.104. The first-order valence-corrected chi connectivity index (χ1v) is 7.23. The molecule has 0 saturated carbocycles. The molecule has 0 bridgehead atoms. The number of aromatic nitrogens is 1. The Labute approximate surface area is 130 Å². The SMILES string of the molecule is O=C(O)c1cccc2nc(-c3cc(Br)ccc3Br)oc12. The van der Waals surface area contributed by atoms with E-state index in [1.165, 1.54) is 6.07 Å². The Balaban J connectivity index is 2.26. The van der Waals surface area contributed by atoms with Gasteiger partial charge in [0.2, 0.25) is 5.89 Å². The van der Waals surface area contributed by atoms with Crippen LogP contribution < -0.4 is 0 Å². The van der Waals surface area contributed by atoms with Crippen molar-refractivity contribution >= 4 is 48.9 Å². The molecule has 0 radical (unpaired) electrons. The van der Waals surface area contributed by atoms with E-state index in [1.807, 2.05) is 18.2 Å². The number of rotatable bonds is 2. The lowest BCUT2D eigenvalue weighted by Gasteiger charge is -2.00. The zero-order valence-corrected chi connectivity index (χ0v) is 13.1. The first kappa shape index (κ1) is 13.3. The first-order chi connectivity index (χ1) is 9.56. The highest BCUT2D eigenvalue weighted by molar-refractivity contribution is 9.11. The molecular weight excluding hydrogens is 390 g/mol. The molecule has 1 aromatic heterocycles. The fourth-order valence-electron chi connectivity index (χ4n) is 1.89. The van der Waals surface area contributed by atoms with Crippen LogP contribution in [-0.2, 0) is 0 Å². The van der Waals surface area contributed by atoms with Crippen LogP contribution in [0.3, 0.4) is 0 Å². The summed E-state index contributed by atoms with van der Waals surface area (Å²) >= 11 is 6.83. The van der Waals surface area contributed by atoms with E-state index < -0.39 is 5.97 Å². The van der Waals surface area contributed by atoms with Crippen molar-refractivity contribution in [2.24, 2.45) is 0 Å². The number of hydrogen-bond acceptors (Lipinski definition) is 3. The highest BCUT2D eigenvalue weighted by atomic mass is 79.9. The topological polar surface area (TPSA) is 63.3 Å². The van der Waals surface area contributed by atoms with Crippen LogP contribution in [-0.4, -0.2) is 16.1 Å². The van der Waals surface area contributed by atoms with E-state index in [1.54, 1.807) is 12.1 Å². The maximum atomic E-state index is 11.2. The maximum absolute atomic E-state index is 11.2. The van der Waals surface area contributed by atoms with Gasteiger partial charge in [0.1, 0.15) is 11.1 Å². The normalized spacial score (nSPS) is 10.9. The molecule has 2 aromatic carbocycles. The van der Waals surface area contributed by atoms with E-state index >= 15 is 0 Å². The molecule has 0 aliphatic rings. The lowest BCUT2D eigenvalue weighted by molar-refractivity contribution is 0.0698. The molecule has 1 heterocycles. The number of aromatic carboxylic acids is 1. The van der Waals surface area contributed by atoms with Gasteiger partial charge in [-0.1, -0.05) is 22.0 Å². The maximum Gasteiger partial charge on any atom is 0.339 e. The van der Waals surface area contributed by atoms with E-state index in [4.69, 9.17) is 9.52 Å². The van der Waals surface area contributed by atoms with Crippen LogP contribution >= 0.6 is 31.9 Å². The first-order valence-electron chi connectivity index (χ1n) is 5.64. The molecule has 0 fully saturated rings. The summed E-state index contributed by atoms with van der Waals surface area (Å²) in [5, 5.41) is 9.16. The quantitative estimate of drug-likeness (QED) is 0.680.